The smallest absolute Gasteiger partial charge is 0.335 e. The molecule has 0 heterocycles. The van der Waals surface area contributed by atoms with Crippen LogP contribution in [0, 0.1) is 0 Å². The summed E-state index contributed by atoms with van der Waals surface area (Å²) in [5.74, 6) is -1.56. The number of carboxylic acid groups (broad SMARTS) is 1. The van der Waals surface area contributed by atoms with Crippen LogP contribution in [-0.4, -0.2) is 25.4 Å². The minimum atomic E-state index is -3.79. The average molecular weight is 431 g/mol. The fourth-order valence-corrected chi connectivity index (χ4v) is 3.64. The molecule has 0 aliphatic heterocycles. The number of anilines is 2. The molecule has 0 aliphatic rings. The largest absolute Gasteiger partial charge is 0.478 e. The Morgan fingerprint density at radius 2 is 1.48 bits per heavy atom. The van der Waals surface area contributed by atoms with Gasteiger partial charge >= 0.3 is 5.97 Å². The fraction of sp³-hybridized carbons (Fsp3) is 0. The molecule has 3 aromatic rings. The van der Waals surface area contributed by atoms with E-state index >= 15 is 0 Å². The van der Waals surface area contributed by atoms with Gasteiger partial charge in [-0.05, 0) is 66.7 Å². The first kappa shape index (κ1) is 20.4. The molecule has 3 aromatic carbocycles. The zero-order valence-corrected chi connectivity index (χ0v) is 16.4. The number of benzene rings is 3. The molecule has 0 atom stereocenters. The molecule has 7 nitrogen and oxygen atoms in total. The maximum Gasteiger partial charge on any atom is 0.335 e. The summed E-state index contributed by atoms with van der Waals surface area (Å²) in [7, 11) is -3.79. The second-order valence-corrected chi connectivity index (χ2v) is 8.10. The zero-order chi connectivity index (χ0) is 21.0. The van der Waals surface area contributed by atoms with E-state index in [0.717, 1.165) is 0 Å². The van der Waals surface area contributed by atoms with Crippen molar-refractivity contribution in [1.82, 2.24) is 0 Å². The Hall–Kier alpha value is -3.36. The van der Waals surface area contributed by atoms with Crippen molar-refractivity contribution in [2.24, 2.45) is 0 Å². The van der Waals surface area contributed by atoms with Gasteiger partial charge in [0.05, 0.1) is 10.5 Å². The van der Waals surface area contributed by atoms with Crippen molar-refractivity contribution >= 4 is 44.9 Å². The molecule has 0 radical (unpaired) electrons. The van der Waals surface area contributed by atoms with E-state index in [1.54, 1.807) is 6.07 Å². The molecule has 148 valence electrons. The van der Waals surface area contributed by atoms with E-state index in [9.17, 15) is 18.0 Å². The molecule has 3 N–H and O–H groups in total. The van der Waals surface area contributed by atoms with Crippen LogP contribution in [0.15, 0.2) is 77.7 Å². The summed E-state index contributed by atoms with van der Waals surface area (Å²) in [5, 5.41) is 12.0. The van der Waals surface area contributed by atoms with Crippen LogP contribution in [0.1, 0.15) is 20.7 Å². The van der Waals surface area contributed by atoms with Crippen molar-refractivity contribution in [3.63, 3.8) is 0 Å². The maximum atomic E-state index is 12.4. The van der Waals surface area contributed by atoms with E-state index in [1.807, 2.05) is 0 Å². The van der Waals surface area contributed by atoms with Gasteiger partial charge in [0.15, 0.2) is 0 Å². The Kier molecular flexibility index (Phi) is 5.86. The molecule has 0 saturated carbocycles. The number of amides is 1. The molecule has 0 aromatic heterocycles. The monoisotopic (exact) mass is 430 g/mol. The van der Waals surface area contributed by atoms with Crippen molar-refractivity contribution in [2.75, 3.05) is 10.0 Å². The number of sulfonamides is 1. The van der Waals surface area contributed by atoms with Crippen LogP contribution < -0.4 is 10.0 Å². The highest BCUT2D eigenvalue weighted by atomic mass is 35.5. The van der Waals surface area contributed by atoms with Crippen LogP contribution in [0.25, 0.3) is 0 Å². The molecule has 0 fully saturated rings. The second kappa shape index (κ2) is 8.34. The Bertz CT molecular complexity index is 1160. The molecule has 29 heavy (non-hydrogen) atoms. The molecule has 3 rings (SSSR count). The highest BCUT2D eigenvalue weighted by molar-refractivity contribution is 7.92. The average Bonchev–Trinajstić information content (AvgIpc) is 2.68. The highest BCUT2D eigenvalue weighted by Crippen LogP contribution is 2.19. The molecule has 0 bridgehead atoms. The zero-order valence-electron chi connectivity index (χ0n) is 14.8. The Labute approximate surface area is 172 Å². The number of carbonyl (C=O) groups excluding carboxylic acids is 1. The van der Waals surface area contributed by atoms with E-state index in [0.29, 0.717) is 10.7 Å². The summed E-state index contributed by atoms with van der Waals surface area (Å²) in [6.07, 6.45) is 0. The van der Waals surface area contributed by atoms with Gasteiger partial charge in [-0.1, -0.05) is 17.7 Å². The van der Waals surface area contributed by atoms with Crippen molar-refractivity contribution in [2.45, 2.75) is 4.90 Å². The van der Waals surface area contributed by atoms with Crippen LogP contribution in [0.4, 0.5) is 11.4 Å². The molecule has 0 saturated heterocycles. The number of nitrogens with one attached hydrogen (secondary N) is 2. The summed E-state index contributed by atoms with van der Waals surface area (Å²) < 4.78 is 27.2. The highest BCUT2D eigenvalue weighted by Gasteiger charge is 2.14. The van der Waals surface area contributed by atoms with Crippen molar-refractivity contribution in [1.29, 1.82) is 0 Å². The first-order valence-corrected chi connectivity index (χ1v) is 10.1. The number of hydrogen-bond donors (Lipinski definition) is 3. The van der Waals surface area contributed by atoms with E-state index in [1.165, 1.54) is 66.7 Å². The molecule has 1 amide bonds. The van der Waals surface area contributed by atoms with Gasteiger partial charge in [0.1, 0.15) is 0 Å². The summed E-state index contributed by atoms with van der Waals surface area (Å²) in [6.45, 7) is 0. The van der Waals surface area contributed by atoms with Gasteiger partial charge in [0.25, 0.3) is 15.9 Å². The van der Waals surface area contributed by atoms with Gasteiger partial charge in [0, 0.05) is 22.0 Å². The van der Waals surface area contributed by atoms with Crippen LogP contribution in [-0.2, 0) is 10.0 Å². The Morgan fingerprint density at radius 1 is 0.828 bits per heavy atom. The fourth-order valence-electron chi connectivity index (χ4n) is 2.45. The molecule has 0 aliphatic carbocycles. The van der Waals surface area contributed by atoms with Gasteiger partial charge in [-0.2, -0.15) is 0 Å². The number of rotatable bonds is 6. The predicted octanol–water partition coefficient (Wildman–Crippen LogP) is 4.09. The first-order chi connectivity index (χ1) is 13.7. The molecule has 9 heteroatoms. The lowest BCUT2D eigenvalue weighted by Gasteiger charge is -2.10. The van der Waals surface area contributed by atoms with E-state index in [2.05, 4.69) is 10.0 Å². The van der Waals surface area contributed by atoms with Crippen LogP contribution in [0.2, 0.25) is 5.02 Å². The third kappa shape index (κ3) is 5.13. The van der Waals surface area contributed by atoms with Gasteiger partial charge in [-0.3, -0.25) is 9.52 Å². The van der Waals surface area contributed by atoms with Crippen LogP contribution in [0.5, 0.6) is 0 Å². The van der Waals surface area contributed by atoms with Gasteiger partial charge in [0.2, 0.25) is 0 Å². The Morgan fingerprint density at radius 3 is 2.10 bits per heavy atom. The predicted molar refractivity (Wildman–Crippen MR) is 110 cm³/mol. The van der Waals surface area contributed by atoms with Gasteiger partial charge in [-0.25, -0.2) is 13.2 Å². The van der Waals surface area contributed by atoms with Crippen LogP contribution >= 0.6 is 11.6 Å². The minimum absolute atomic E-state index is 0.0507. The van der Waals surface area contributed by atoms with Crippen molar-refractivity contribution in [3.8, 4) is 0 Å². The quantitative estimate of drug-likeness (QED) is 0.545. The van der Waals surface area contributed by atoms with Crippen molar-refractivity contribution in [3.05, 3.63) is 88.9 Å². The lowest BCUT2D eigenvalue weighted by atomic mass is 10.1. The lowest BCUT2D eigenvalue weighted by Crippen LogP contribution is -2.14. The number of hydrogen-bond acceptors (Lipinski definition) is 4. The van der Waals surface area contributed by atoms with Crippen molar-refractivity contribution < 1.29 is 23.1 Å². The normalized spacial score (nSPS) is 10.9. The topological polar surface area (TPSA) is 113 Å². The maximum absolute atomic E-state index is 12.4. The molecule has 0 spiro atoms. The van der Waals surface area contributed by atoms with Crippen LogP contribution in [0.3, 0.4) is 0 Å². The first-order valence-electron chi connectivity index (χ1n) is 8.28. The number of halogens is 1. The molecular formula is C20H15ClN2O5S. The summed E-state index contributed by atoms with van der Waals surface area (Å²) in [5.41, 5.74) is 0.946. The third-order valence-electron chi connectivity index (χ3n) is 3.89. The third-order valence-corrected chi connectivity index (χ3v) is 5.54. The van der Waals surface area contributed by atoms with E-state index in [4.69, 9.17) is 16.7 Å². The SMILES string of the molecule is O=C(O)c1cccc(NC(=O)c2ccc(NS(=O)(=O)c3ccc(Cl)cc3)cc2)c1. The Balaban J connectivity index is 1.71. The molecule has 0 unspecified atom stereocenters. The molecular weight excluding hydrogens is 416 g/mol. The summed E-state index contributed by atoms with van der Waals surface area (Å²) in [4.78, 5) is 23.4. The number of carboxylic acids is 1. The standard InChI is InChI=1S/C20H15ClN2O5S/c21-15-6-10-18(11-7-15)29(27,28)23-16-8-4-13(5-9-16)19(24)22-17-3-1-2-14(12-17)20(25)26/h1-12,23H,(H,22,24)(H,25,26). The lowest BCUT2D eigenvalue weighted by molar-refractivity contribution is 0.0696. The number of carbonyl (C=O) groups is 2. The van der Waals surface area contributed by atoms with E-state index < -0.39 is 21.9 Å². The van der Waals surface area contributed by atoms with Gasteiger partial charge < -0.3 is 10.4 Å². The number of aromatic carboxylic acids is 1. The second-order valence-electron chi connectivity index (χ2n) is 5.98. The van der Waals surface area contributed by atoms with Gasteiger partial charge in [-0.15, -0.1) is 0 Å². The minimum Gasteiger partial charge on any atom is -0.478 e. The summed E-state index contributed by atoms with van der Waals surface area (Å²) in [6, 6.07) is 17.4. The summed E-state index contributed by atoms with van der Waals surface area (Å²) >= 11 is 5.77. The van der Waals surface area contributed by atoms with E-state index in [-0.39, 0.29) is 21.7 Å².